The summed E-state index contributed by atoms with van der Waals surface area (Å²) in [6, 6.07) is 2.94. The Labute approximate surface area is 83.4 Å². The molecule has 0 aliphatic heterocycles. The zero-order chi connectivity index (χ0) is 11.0. The summed E-state index contributed by atoms with van der Waals surface area (Å²) >= 11 is 0. The molecule has 0 aliphatic rings. The smallest absolute Gasteiger partial charge is 0.217 e. The molecule has 0 saturated heterocycles. The molecule has 0 spiro atoms. The Morgan fingerprint density at radius 2 is 2.21 bits per heavy atom. The number of pyridine rings is 1. The van der Waals surface area contributed by atoms with Gasteiger partial charge in [0.15, 0.2) is 0 Å². The number of amides is 1. The molecule has 1 rings (SSSR count). The Morgan fingerprint density at radius 1 is 1.57 bits per heavy atom. The molecule has 0 fully saturated rings. The average molecular weight is 198 g/mol. The van der Waals surface area contributed by atoms with Gasteiger partial charge >= 0.3 is 0 Å². The van der Waals surface area contributed by atoms with E-state index < -0.39 is 5.95 Å². The van der Waals surface area contributed by atoms with Crippen molar-refractivity contribution in [3.05, 3.63) is 29.8 Å². The van der Waals surface area contributed by atoms with E-state index >= 15 is 0 Å². The van der Waals surface area contributed by atoms with Gasteiger partial charge in [-0.3, -0.25) is 4.79 Å². The van der Waals surface area contributed by atoms with Crippen LogP contribution in [0.25, 0.3) is 0 Å². The lowest BCUT2D eigenvalue weighted by molar-refractivity contribution is -0.119. The quantitative estimate of drug-likeness (QED) is 0.737. The van der Waals surface area contributed by atoms with Gasteiger partial charge in [0.05, 0.1) is 0 Å². The maximum Gasteiger partial charge on any atom is 0.217 e. The van der Waals surface area contributed by atoms with Crippen molar-refractivity contribution < 1.29 is 9.18 Å². The average Bonchev–Trinajstić information content (AvgIpc) is 2.18. The summed E-state index contributed by atoms with van der Waals surface area (Å²) in [5, 5.41) is 2.56. The minimum absolute atomic E-state index is 0.132. The van der Waals surface area contributed by atoms with Crippen molar-refractivity contribution in [3.63, 3.8) is 0 Å². The van der Waals surface area contributed by atoms with Gasteiger partial charge in [-0.15, -0.1) is 0 Å². The van der Waals surface area contributed by atoms with Crippen molar-refractivity contribution in [2.24, 2.45) is 0 Å². The number of hydrogen-bond donors (Lipinski definition) is 1. The van der Waals surface area contributed by atoms with E-state index in [1.54, 1.807) is 6.07 Å². The van der Waals surface area contributed by atoms with Gasteiger partial charge in [-0.05, 0) is 17.7 Å². The number of carbonyl (C=O) groups excluding carboxylic acids is 1. The lowest BCUT2D eigenvalue weighted by atomic mass is 10.3. The molecule has 0 aromatic carbocycles. The Kier molecular flexibility index (Phi) is 6.28. The molecule has 0 atom stereocenters. The number of aromatic nitrogens is 1. The third-order valence-corrected chi connectivity index (χ3v) is 1.33. The minimum Gasteiger partial charge on any atom is -0.352 e. The van der Waals surface area contributed by atoms with Crippen LogP contribution in [-0.2, 0) is 11.3 Å². The van der Waals surface area contributed by atoms with Crippen LogP contribution in [0.1, 0.15) is 26.3 Å². The summed E-state index contributed by atoms with van der Waals surface area (Å²) in [6.45, 7) is 5.76. The SMILES string of the molecule is CC.CC(=O)NCc1ccnc(F)c1. The van der Waals surface area contributed by atoms with E-state index in [0.717, 1.165) is 0 Å². The van der Waals surface area contributed by atoms with Gasteiger partial charge in [-0.2, -0.15) is 4.39 Å². The Hall–Kier alpha value is -1.45. The molecule has 1 aromatic heterocycles. The Morgan fingerprint density at radius 3 is 2.71 bits per heavy atom. The molecule has 1 amide bonds. The summed E-state index contributed by atoms with van der Waals surface area (Å²) < 4.78 is 12.5. The standard InChI is InChI=1S/C8H9FN2O.C2H6/c1-6(12)11-5-7-2-3-10-8(9)4-7;1-2/h2-4H,5H2,1H3,(H,11,12);1-2H3. The van der Waals surface area contributed by atoms with Gasteiger partial charge < -0.3 is 5.32 Å². The lowest BCUT2D eigenvalue weighted by Gasteiger charge is -2.00. The van der Waals surface area contributed by atoms with Crippen molar-refractivity contribution in [2.45, 2.75) is 27.3 Å². The summed E-state index contributed by atoms with van der Waals surface area (Å²) in [5.41, 5.74) is 0.706. The molecule has 3 nitrogen and oxygen atoms in total. The van der Waals surface area contributed by atoms with Crippen LogP contribution in [-0.4, -0.2) is 10.9 Å². The fourth-order valence-corrected chi connectivity index (χ4v) is 0.779. The summed E-state index contributed by atoms with van der Waals surface area (Å²) in [6.07, 6.45) is 1.37. The van der Waals surface area contributed by atoms with Crippen molar-refractivity contribution >= 4 is 5.91 Å². The topological polar surface area (TPSA) is 42.0 Å². The van der Waals surface area contributed by atoms with Gasteiger partial charge in [0.2, 0.25) is 11.9 Å². The second kappa shape index (κ2) is 7.00. The Balaban J connectivity index is 0.000000791. The molecule has 78 valence electrons. The predicted octanol–water partition coefficient (Wildman–Crippen LogP) is 1.88. The highest BCUT2D eigenvalue weighted by molar-refractivity contribution is 5.72. The van der Waals surface area contributed by atoms with Gasteiger partial charge in [-0.1, -0.05) is 13.8 Å². The molecule has 1 aromatic rings. The van der Waals surface area contributed by atoms with Gasteiger partial charge in [0.1, 0.15) is 0 Å². The molecular weight excluding hydrogens is 183 g/mol. The third-order valence-electron chi connectivity index (χ3n) is 1.33. The maximum absolute atomic E-state index is 12.5. The highest BCUT2D eigenvalue weighted by atomic mass is 19.1. The Bertz CT molecular complexity index is 289. The van der Waals surface area contributed by atoms with E-state index in [4.69, 9.17) is 0 Å². The van der Waals surface area contributed by atoms with Gasteiger partial charge in [0, 0.05) is 19.7 Å². The van der Waals surface area contributed by atoms with E-state index in [0.29, 0.717) is 12.1 Å². The van der Waals surface area contributed by atoms with Crippen LogP contribution in [0.5, 0.6) is 0 Å². The molecule has 4 heteroatoms. The molecule has 0 saturated carbocycles. The summed E-state index contributed by atoms with van der Waals surface area (Å²) in [7, 11) is 0. The van der Waals surface area contributed by atoms with Crippen LogP contribution in [0.2, 0.25) is 0 Å². The van der Waals surface area contributed by atoms with E-state index in [-0.39, 0.29) is 5.91 Å². The zero-order valence-electron chi connectivity index (χ0n) is 8.67. The highest BCUT2D eigenvalue weighted by Gasteiger charge is 1.96. The number of halogens is 1. The first kappa shape index (κ1) is 12.6. The van der Waals surface area contributed by atoms with Crippen molar-refractivity contribution in [3.8, 4) is 0 Å². The van der Waals surface area contributed by atoms with E-state index in [1.165, 1.54) is 19.2 Å². The van der Waals surface area contributed by atoms with Crippen LogP contribution in [0.4, 0.5) is 4.39 Å². The fraction of sp³-hybridized carbons (Fsp3) is 0.400. The predicted molar refractivity (Wildman–Crippen MR) is 53.1 cm³/mol. The van der Waals surface area contributed by atoms with Crippen LogP contribution < -0.4 is 5.32 Å². The monoisotopic (exact) mass is 198 g/mol. The molecular formula is C10H15FN2O. The second-order valence-corrected chi connectivity index (χ2v) is 2.40. The number of rotatable bonds is 2. The largest absolute Gasteiger partial charge is 0.352 e. The number of hydrogen-bond acceptors (Lipinski definition) is 2. The van der Waals surface area contributed by atoms with Crippen molar-refractivity contribution in [2.75, 3.05) is 0 Å². The van der Waals surface area contributed by atoms with Gasteiger partial charge in [-0.25, -0.2) is 4.98 Å². The minimum atomic E-state index is -0.530. The van der Waals surface area contributed by atoms with Gasteiger partial charge in [0.25, 0.3) is 0 Å². The normalized spacial score (nSPS) is 8.57. The molecule has 0 unspecified atom stereocenters. The molecule has 0 bridgehead atoms. The highest BCUT2D eigenvalue weighted by Crippen LogP contribution is 1.98. The van der Waals surface area contributed by atoms with E-state index in [1.807, 2.05) is 13.8 Å². The zero-order valence-corrected chi connectivity index (χ0v) is 8.67. The summed E-state index contributed by atoms with van der Waals surface area (Å²) in [4.78, 5) is 13.9. The van der Waals surface area contributed by atoms with Crippen molar-refractivity contribution in [1.29, 1.82) is 0 Å². The number of nitrogens with one attached hydrogen (secondary N) is 1. The second-order valence-electron chi connectivity index (χ2n) is 2.40. The number of nitrogens with zero attached hydrogens (tertiary/aromatic N) is 1. The third kappa shape index (κ3) is 5.24. The van der Waals surface area contributed by atoms with Crippen LogP contribution >= 0.6 is 0 Å². The molecule has 0 radical (unpaired) electrons. The van der Waals surface area contributed by atoms with Crippen molar-refractivity contribution in [1.82, 2.24) is 10.3 Å². The molecule has 1 N–H and O–H groups in total. The first-order valence-electron chi connectivity index (χ1n) is 4.53. The number of carbonyl (C=O) groups is 1. The first-order chi connectivity index (χ1) is 6.68. The molecule has 14 heavy (non-hydrogen) atoms. The lowest BCUT2D eigenvalue weighted by Crippen LogP contribution is -2.18. The van der Waals surface area contributed by atoms with E-state index in [2.05, 4.69) is 10.3 Å². The summed E-state index contributed by atoms with van der Waals surface area (Å²) in [5.74, 6) is -0.662. The first-order valence-corrected chi connectivity index (χ1v) is 4.53. The fourth-order valence-electron chi connectivity index (χ4n) is 0.779. The van der Waals surface area contributed by atoms with Crippen LogP contribution in [0, 0.1) is 5.95 Å². The van der Waals surface area contributed by atoms with Crippen LogP contribution in [0.3, 0.4) is 0 Å². The van der Waals surface area contributed by atoms with Crippen LogP contribution in [0.15, 0.2) is 18.3 Å². The maximum atomic E-state index is 12.5. The van der Waals surface area contributed by atoms with E-state index in [9.17, 15) is 9.18 Å². The molecule has 0 aliphatic carbocycles. The molecule has 1 heterocycles.